The van der Waals surface area contributed by atoms with Crippen LogP contribution in [-0.2, 0) is 14.3 Å². The van der Waals surface area contributed by atoms with E-state index in [0.29, 0.717) is 12.1 Å². The fourth-order valence-corrected chi connectivity index (χ4v) is 4.93. The molecule has 1 heterocycles. The van der Waals surface area contributed by atoms with Gasteiger partial charge in [0.05, 0.1) is 17.5 Å². The molecule has 0 aliphatic heterocycles. The van der Waals surface area contributed by atoms with Crippen molar-refractivity contribution in [3.63, 3.8) is 0 Å². The van der Waals surface area contributed by atoms with E-state index in [-0.39, 0.29) is 17.0 Å². The summed E-state index contributed by atoms with van der Waals surface area (Å²) < 4.78 is 33.1. The molecule has 1 aromatic heterocycles. The monoisotopic (exact) mass is 408 g/mol. The zero-order chi connectivity index (χ0) is 19.9. The quantitative estimate of drug-likeness (QED) is 0.442. The minimum absolute atomic E-state index is 0.0776. The van der Waals surface area contributed by atoms with Crippen molar-refractivity contribution in [3.05, 3.63) is 42.5 Å². The van der Waals surface area contributed by atoms with Crippen molar-refractivity contribution in [2.75, 3.05) is 5.75 Å². The molecule has 0 bridgehead atoms. The Hall–Kier alpha value is -1.84. The highest BCUT2D eigenvalue weighted by Gasteiger charge is 2.26. The molecular formula is C18H28N4O3SSi. The van der Waals surface area contributed by atoms with Crippen molar-refractivity contribution in [1.29, 1.82) is 0 Å². The van der Waals surface area contributed by atoms with Gasteiger partial charge in [-0.25, -0.2) is 8.42 Å². The van der Waals surface area contributed by atoms with Crippen molar-refractivity contribution in [2.45, 2.75) is 57.1 Å². The van der Waals surface area contributed by atoms with Crippen molar-refractivity contribution in [3.8, 4) is 5.69 Å². The lowest BCUT2D eigenvalue weighted by Gasteiger charge is -2.24. The molecule has 7 nitrogen and oxygen atoms in total. The van der Waals surface area contributed by atoms with Crippen LogP contribution >= 0.6 is 0 Å². The Morgan fingerprint density at radius 3 is 2.56 bits per heavy atom. The van der Waals surface area contributed by atoms with Crippen molar-refractivity contribution in [1.82, 2.24) is 20.2 Å². The predicted octanol–water partition coefficient (Wildman–Crippen LogP) is 3.40. The Labute approximate surface area is 162 Å². The van der Waals surface area contributed by atoms with E-state index in [2.05, 4.69) is 48.2 Å². The molecule has 27 heavy (non-hydrogen) atoms. The Bertz CT molecular complexity index is 845. The van der Waals surface area contributed by atoms with Gasteiger partial charge in [0.15, 0.2) is 8.32 Å². The Kier molecular flexibility index (Phi) is 7.46. The van der Waals surface area contributed by atoms with Gasteiger partial charge in [0.2, 0.25) is 9.84 Å². The molecule has 148 valence electrons. The molecule has 2 aromatic rings. The van der Waals surface area contributed by atoms with Crippen LogP contribution in [-0.4, -0.2) is 48.8 Å². The van der Waals surface area contributed by atoms with Crippen LogP contribution in [0.3, 0.4) is 0 Å². The van der Waals surface area contributed by atoms with E-state index >= 15 is 0 Å². The molecule has 1 aromatic carbocycles. The average molecular weight is 409 g/mol. The van der Waals surface area contributed by atoms with Gasteiger partial charge in [0.1, 0.15) is 0 Å². The second-order valence-corrected chi connectivity index (χ2v) is 13.8. The SMILES string of the molecule is CCCC=CC(CCS(=O)(=O)c1nnnn1-c1ccccc1)O[Si](C)(C)C. The van der Waals surface area contributed by atoms with E-state index in [1.54, 1.807) is 12.1 Å². The van der Waals surface area contributed by atoms with E-state index in [0.717, 1.165) is 12.8 Å². The molecule has 0 radical (unpaired) electrons. The molecule has 1 atom stereocenters. The zero-order valence-corrected chi connectivity index (χ0v) is 18.2. The molecule has 1 unspecified atom stereocenters. The van der Waals surface area contributed by atoms with Crippen LogP contribution in [0.15, 0.2) is 47.6 Å². The Balaban J connectivity index is 2.16. The lowest BCUT2D eigenvalue weighted by atomic mass is 10.2. The molecular weight excluding hydrogens is 380 g/mol. The molecule has 0 fully saturated rings. The molecule has 9 heteroatoms. The highest BCUT2D eigenvalue weighted by atomic mass is 32.2. The van der Waals surface area contributed by atoms with Gasteiger partial charge in [-0.15, -0.1) is 0 Å². The average Bonchev–Trinajstić information content (AvgIpc) is 3.10. The van der Waals surface area contributed by atoms with E-state index in [1.807, 2.05) is 24.3 Å². The fourth-order valence-electron chi connectivity index (χ4n) is 2.53. The number of sulfone groups is 1. The number of hydrogen-bond donors (Lipinski definition) is 0. The number of tetrazole rings is 1. The summed E-state index contributed by atoms with van der Waals surface area (Å²) in [6.07, 6.45) is 6.18. The highest BCUT2D eigenvalue weighted by molar-refractivity contribution is 7.91. The summed E-state index contributed by atoms with van der Waals surface area (Å²) in [5.74, 6) is -0.0776. The first-order chi connectivity index (χ1) is 12.7. The Morgan fingerprint density at radius 1 is 1.22 bits per heavy atom. The number of nitrogens with zero attached hydrogens (tertiary/aromatic N) is 4. The summed E-state index contributed by atoms with van der Waals surface area (Å²) in [4.78, 5) is 0. The van der Waals surface area contributed by atoms with Crippen LogP contribution in [0.2, 0.25) is 19.6 Å². The molecule has 0 amide bonds. The maximum atomic E-state index is 12.9. The zero-order valence-electron chi connectivity index (χ0n) is 16.4. The van der Waals surface area contributed by atoms with Gasteiger partial charge in [-0.3, -0.25) is 0 Å². The van der Waals surface area contributed by atoms with Crippen molar-refractivity contribution in [2.24, 2.45) is 0 Å². The molecule has 0 aliphatic carbocycles. The summed E-state index contributed by atoms with van der Waals surface area (Å²) >= 11 is 0. The lowest BCUT2D eigenvalue weighted by Crippen LogP contribution is -2.32. The topological polar surface area (TPSA) is 87.0 Å². The number of unbranched alkanes of at least 4 members (excludes halogenated alkanes) is 1. The van der Waals surface area contributed by atoms with E-state index in [4.69, 9.17) is 4.43 Å². The fraction of sp³-hybridized carbons (Fsp3) is 0.500. The normalized spacial score (nSPS) is 13.9. The summed E-state index contributed by atoms with van der Waals surface area (Å²) in [5, 5.41) is 11.0. The highest BCUT2D eigenvalue weighted by Crippen LogP contribution is 2.17. The third-order valence-electron chi connectivity index (χ3n) is 3.70. The standard InChI is InChI=1S/C18H28N4O3SSi/c1-5-6-8-13-17(25-27(2,3)4)14-15-26(23,24)18-19-20-21-22(18)16-11-9-7-10-12-16/h7-13,17H,5-6,14-15H2,1-4H3. The maximum absolute atomic E-state index is 12.9. The van der Waals surface area contributed by atoms with Crippen LogP contribution in [0, 0.1) is 0 Å². The van der Waals surface area contributed by atoms with Gasteiger partial charge in [0.25, 0.3) is 5.16 Å². The number of para-hydroxylation sites is 1. The first kappa shape index (κ1) is 21.5. The van der Waals surface area contributed by atoms with Crippen LogP contribution in [0.5, 0.6) is 0 Å². The summed E-state index contributed by atoms with van der Waals surface area (Å²) in [6, 6.07) is 9.00. The van der Waals surface area contributed by atoms with E-state index in [1.165, 1.54) is 4.68 Å². The first-order valence-electron chi connectivity index (χ1n) is 9.14. The van der Waals surface area contributed by atoms with Crippen LogP contribution in [0.4, 0.5) is 0 Å². The first-order valence-corrected chi connectivity index (χ1v) is 14.2. The largest absolute Gasteiger partial charge is 0.411 e. The molecule has 2 rings (SSSR count). The molecule has 0 N–H and O–H groups in total. The van der Waals surface area contributed by atoms with Gasteiger partial charge in [-0.1, -0.05) is 48.8 Å². The van der Waals surface area contributed by atoms with Crippen LogP contribution in [0.25, 0.3) is 5.69 Å². The smallest absolute Gasteiger partial charge is 0.272 e. The molecule has 0 spiro atoms. The van der Waals surface area contributed by atoms with E-state index in [9.17, 15) is 8.42 Å². The summed E-state index contributed by atoms with van der Waals surface area (Å²) in [6.45, 7) is 8.39. The van der Waals surface area contributed by atoms with Gasteiger partial charge < -0.3 is 4.43 Å². The van der Waals surface area contributed by atoms with Crippen molar-refractivity contribution < 1.29 is 12.8 Å². The summed E-state index contributed by atoms with van der Waals surface area (Å²) in [5.41, 5.74) is 0.610. The third kappa shape index (κ3) is 6.67. The number of benzene rings is 1. The maximum Gasteiger partial charge on any atom is 0.272 e. The third-order valence-corrected chi connectivity index (χ3v) is 6.30. The number of rotatable bonds is 10. The summed E-state index contributed by atoms with van der Waals surface area (Å²) in [7, 11) is -5.45. The van der Waals surface area contributed by atoms with Gasteiger partial charge in [0, 0.05) is 0 Å². The minimum Gasteiger partial charge on any atom is -0.411 e. The second kappa shape index (κ2) is 9.38. The second-order valence-electron chi connectivity index (χ2n) is 7.30. The van der Waals surface area contributed by atoms with Gasteiger partial charge >= 0.3 is 0 Å². The Morgan fingerprint density at radius 2 is 1.93 bits per heavy atom. The van der Waals surface area contributed by atoms with Crippen LogP contribution < -0.4 is 0 Å². The van der Waals surface area contributed by atoms with E-state index < -0.39 is 18.2 Å². The van der Waals surface area contributed by atoms with Crippen LogP contribution in [0.1, 0.15) is 26.2 Å². The number of hydrogen-bond acceptors (Lipinski definition) is 6. The number of allylic oxidation sites excluding steroid dienone is 1. The minimum atomic E-state index is -3.65. The predicted molar refractivity (Wildman–Crippen MR) is 108 cm³/mol. The number of aromatic nitrogens is 4. The van der Waals surface area contributed by atoms with Crippen molar-refractivity contribution >= 4 is 18.2 Å². The molecule has 0 saturated heterocycles. The van der Waals surface area contributed by atoms with Gasteiger partial charge in [-0.05, 0) is 55.0 Å². The molecule has 0 saturated carbocycles. The van der Waals surface area contributed by atoms with Gasteiger partial charge in [-0.2, -0.15) is 4.68 Å². The molecule has 0 aliphatic rings. The lowest BCUT2D eigenvalue weighted by molar-refractivity contribution is 0.238.